The molecule has 2 aromatic carbocycles. The van der Waals surface area contributed by atoms with E-state index in [9.17, 15) is 9.59 Å². The number of nitrogens with zero attached hydrogens (tertiary/aromatic N) is 1. The van der Waals surface area contributed by atoms with E-state index < -0.39 is 5.41 Å². The van der Waals surface area contributed by atoms with Crippen molar-refractivity contribution < 1.29 is 9.59 Å². The molecule has 3 atom stereocenters. The average molecular weight is 377 g/mol. The van der Waals surface area contributed by atoms with Gasteiger partial charge in [0.05, 0.1) is 5.41 Å². The molecule has 0 aliphatic carbocycles. The van der Waals surface area contributed by atoms with Gasteiger partial charge >= 0.3 is 0 Å². The normalized spacial score (nSPS) is 25.7. The lowest BCUT2D eigenvalue weighted by atomic mass is 9.69. The first-order valence-electron chi connectivity index (χ1n) is 10.3. The average Bonchev–Trinajstić information content (AvgIpc) is 3.29. The zero-order valence-electron chi connectivity index (χ0n) is 16.4. The van der Waals surface area contributed by atoms with E-state index in [4.69, 9.17) is 0 Å². The molecule has 2 aliphatic rings. The Hall–Kier alpha value is -2.62. The molecule has 4 nitrogen and oxygen atoms in total. The van der Waals surface area contributed by atoms with Crippen LogP contribution in [-0.2, 0) is 22.6 Å². The molecule has 1 N–H and O–H groups in total. The fraction of sp³-hybridized carbons (Fsp3) is 0.417. The Labute approximate surface area is 166 Å². The summed E-state index contributed by atoms with van der Waals surface area (Å²) in [5, 5.41) is 3.19. The lowest BCUT2D eigenvalue weighted by molar-refractivity contribution is -0.136. The molecule has 0 saturated carbocycles. The number of fused-ring (bicyclic) bond motifs is 2. The molecule has 0 radical (unpaired) electrons. The maximum atomic E-state index is 13.5. The summed E-state index contributed by atoms with van der Waals surface area (Å²) in [6.07, 6.45) is 3.88. The van der Waals surface area contributed by atoms with Crippen LogP contribution in [0.15, 0.2) is 60.7 Å². The summed E-state index contributed by atoms with van der Waals surface area (Å²) >= 11 is 0. The molecule has 4 rings (SSSR count). The second-order valence-electron chi connectivity index (χ2n) is 8.09. The van der Waals surface area contributed by atoms with Gasteiger partial charge in [0.15, 0.2) is 0 Å². The molecule has 2 aliphatic heterocycles. The number of hydrogen-bond acceptors (Lipinski definition) is 2. The molecule has 28 heavy (non-hydrogen) atoms. The standard InChI is InChI=1S/C24H28N2O2/c1-2-22(27)26-20-13-14-21(26)24(16-20,15-18-9-5-3-6-10-18)23(28)25-17-19-11-7-4-8-12-19/h3-12,20-21H,2,13-17H2,1H3,(H,25,28)/t20-,21+,24+/m0/s1. The first kappa shape index (κ1) is 18.7. The van der Waals surface area contributed by atoms with Crippen molar-refractivity contribution in [1.29, 1.82) is 0 Å². The number of hydrogen-bond donors (Lipinski definition) is 1. The second kappa shape index (κ2) is 7.78. The molecule has 0 spiro atoms. The number of rotatable bonds is 6. The van der Waals surface area contributed by atoms with Crippen molar-refractivity contribution in [2.45, 2.75) is 57.7 Å². The van der Waals surface area contributed by atoms with Crippen LogP contribution in [0.25, 0.3) is 0 Å². The summed E-state index contributed by atoms with van der Waals surface area (Å²) < 4.78 is 0. The Bertz CT molecular complexity index is 836. The van der Waals surface area contributed by atoms with E-state index in [0.717, 1.165) is 30.4 Å². The van der Waals surface area contributed by atoms with Gasteiger partial charge in [-0.15, -0.1) is 0 Å². The third kappa shape index (κ3) is 3.32. The summed E-state index contributed by atoms with van der Waals surface area (Å²) in [5.74, 6) is 0.264. The molecule has 4 heteroatoms. The summed E-state index contributed by atoms with van der Waals surface area (Å²) in [5.41, 5.74) is 1.72. The van der Waals surface area contributed by atoms with Crippen molar-refractivity contribution >= 4 is 11.8 Å². The molecule has 2 aromatic rings. The minimum atomic E-state index is -0.538. The van der Waals surface area contributed by atoms with E-state index in [-0.39, 0.29) is 23.9 Å². The molecular formula is C24H28N2O2. The van der Waals surface area contributed by atoms with Crippen LogP contribution in [0.4, 0.5) is 0 Å². The minimum Gasteiger partial charge on any atom is -0.351 e. The Morgan fingerprint density at radius 1 is 1.00 bits per heavy atom. The fourth-order valence-electron chi connectivity index (χ4n) is 5.17. The van der Waals surface area contributed by atoms with Gasteiger partial charge < -0.3 is 10.2 Å². The highest BCUT2D eigenvalue weighted by Gasteiger charge is 2.60. The second-order valence-corrected chi connectivity index (χ2v) is 8.09. The maximum absolute atomic E-state index is 13.5. The molecule has 2 fully saturated rings. The van der Waals surface area contributed by atoms with Gasteiger partial charge in [0.1, 0.15) is 0 Å². The van der Waals surface area contributed by atoms with E-state index in [1.165, 1.54) is 0 Å². The number of carbonyl (C=O) groups is 2. The SMILES string of the molecule is CCC(=O)N1[C@H]2CC[C@@H]1[C@](Cc1ccccc1)(C(=O)NCc1ccccc1)C2. The summed E-state index contributed by atoms with van der Waals surface area (Å²) in [4.78, 5) is 28.2. The Morgan fingerprint density at radius 3 is 2.29 bits per heavy atom. The number of amides is 2. The highest BCUT2D eigenvalue weighted by atomic mass is 16.2. The number of benzene rings is 2. The minimum absolute atomic E-state index is 0.000861. The van der Waals surface area contributed by atoms with Crippen molar-refractivity contribution in [1.82, 2.24) is 10.2 Å². The van der Waals surface area contributed by atoms with Crippen LogP contribution in [0.2, 0.25) is 0 Å². The van der Waals surface area contributed by atoms with E-state index in [2.05, 4.69) is 17.4 Å². The summed E-state index contributed by atoms with van der Waals surface area (Å²) in [7, 11) is 0. The van der Waals surface area contributed by atoms with E-state index in [1.54, 1.807) is 0 Å². The van der Waals surface area contributed by atoms with Gasteiger partial charge in [-0.3, -0.25) is 9.59 Å². The summed E-state index contributed by atoms with van der Waals surface area (Å²) in [6, 6.07) is 20.4. The van der Waals surface area contributed by atoms with Gasteiger partial charge in [0.25, 0.3) is 0 Å². The molecular weight excluding hydrogens is 348 g/mol. The van der Waals surface area contributed by atoms with Crippen LogP contribution in [-0.4, -0.2) is 28.8 Å². The topological polar surface area (TPSA) is 49.4 Å². The molecule has 0 aromatic heterocycles. The first-order valence-corrected chi connectivity index (χ1v) is 10.3. The van der Waals surface area contributed by atoms with Gasteiger partial charge in [-0.25, -0.2) is 0 Å². The predicted molar refractivity (Wildman–Crippen MR) is 109 cm³/mol. The molecule has 2 heterocycles. The van der Waals surface area contributed by atoms with E-state index >= 15 is 0 Å². The Morgan fingerprint density at radius 2 is 1.64 bits per heavy atom. The van der Waals surface area contributed by atoms with Crippen LogP contribution < -0.4 is 5.32 Å². The van der Waals surface area contributed by atoms with Gasteiger partial charge in [-0.2, -0.15) is 0 Å². The highest BCUT2D eigenvalue weighted by molar-refractivity contribution is 5.87. The molecule has 0 unspecified atom stereocenters. The third-order valence-corrected chi connectivity index (χ3v) is 6.44. The lowest BCUT2D eigenvalue weighted by Crippen LogP contribution is -2.51. The molecule has 2 amide bonds. The third-order valence-electron chi connectivity index (χ3n) is 6.44. The maximum Gasteiger partial charge on any atom is 0.228 e. The zero-order chi connectivity index (χ0) is 19.6. The smallest absolute Gasteiger partial charge is 0.228 e. The van der Waals surface area contributed by atoms with Crippen molar-refractivity contribution in [3.63, 3.8) is 0 Å². The van der Waals surface area contributed by atoms with E-state index in [1.807, 2.05) is 60.4 Å². The highest BCUT2D eigenvalue weighted by Crippen LogP contribution is 2.52. The largest absolute Gasteiger partial charge is 0.351 e. The first-order chi connectivity index (χ1) is 13.6. The van der Waals surface area contributed by atoms with Gasteiger partial charge in [-0.1, -0.05) is 67.6 Å². The Balaban J connectivity index is 1.61. The zero-order valence-corrected chi connectivity index (χ0v) is 16.4. The fourth-order valence-corrected chi connectivity index (χ4v) is 5.17. The molecule has 2 saturated heterocycles. The van der Waals surface area contributed by atoms with Crippen LogP contribution >= 0.6 is 0 Å². The van der Waals surface area contributed by atoms with Gasteiger partial charge in [0.2, 0.25) is 11.8 Å². The monoisotopic (exact) mass is 376 g/mol. The van der Waals surface area contributed by atoms with Crippen molar-refractivity contribution in [3.8, 4) is 0 Å². The predicted octanol–water partition coefficient (Wildman–Crippen LogP) is 3.71. The molecule has 146 valence electrons. The number of carbonyl (C=O) groups excluding carboxylic acids is 2. The van der Waals surface area contributed by atoms with Crippen molar-refractivity contribution in [2.24, 2.45) is 5.41 Å². The lowest BCUT2D eigenvalue weighted by Gasteiger charge is -2.36. The van der Waals surface area contributed by atoms with Crippen LogP contribution in [0.5, 0.6) is 0 Å². The molecule has 2 bridgehead atoms. The summed E-state index contributed by atoms with van der Waals surface area (Å²) in [6.45, 7) is 2.43. The quantitative estimate of drug-likeness (QED) is 0.836. The van der Waals surface area contributed by atoms with Crippen LogP contribution in [0.3, 0.4) is 0 Å². The van der Waals surface area contributed by atoms with Crippen LogP contribution in [0, 0.1) is 5.41 Å². The van der Waals surface area contributed by atoms with Gasteiger partial charge in [-0.05, 0) is 36.8 Å². The Kier molecular flexibility index (Phi) is 5.21. The van der Waals surface area contributed by atoms with Crippen molar-refractivity contribution in [3.05, 3.63) is 71.8 Å². The van der Waals surface area contributed by atoms with E-state index in [0.29, 0.717) is 19.4 Å². The van der Waals surface area contributed by atoms with Crippen LogP contribution in [0.1, 0.15) is 43.7 Å². The van der Waals surface area contributed by atoms with Gasteiger partial charge in [0, 0.05) is 25.0 Å². The number of nitrogens with one attached hydrogen (secondary N) is 1. The van der Waals surface area contributed by atoms with Crippen molar-refractivity contribution in [2.75, 3.05) is 0 Å².